The van der Waals surface area contributed by atoms with Crippen molar-refractivity contribution in [1.82, 2.24) is 0 Å². The number of carboxylic acid groups (broad SMARTS) is 1. The molecule has 0 radical (unpaired) electrons. The third kappa shape index (κ3) is 3.93. The molecule has 0 amide bonds. The van der Waals surface area contributed by atoms with E-state index in [0.717, 1.165) is 50.3 Å². The van der Waals surface area contributed by atoms with Crippen molar-refractivity contribution in [2.24, 2.45) is 28.6 Å². The minimum Gasteiger partial charge on any atom is -0.481 e. The maximum absolute atomic E-state index is 13.3. The summed E-state index contributed by atoms with van der Waals surface area (Å²) in [5, 5.41) is 20.5. The molecule has 4 aliphatic rings. The number of carbonyl (C=O) groups excluding carboxylic acids is 2. The second-order valence-electron chi connectivity index (χ2n) is 10.5. The van der Waals surface area contributed by atoms with Gasteiger partial charge in [-0.3, -0.25) is 14.4 Å². The van der Waals surface area contributed by atoms with Crippen molar-refractivity contribution in [3.63, 3.8) is 0 Å². The standard InChI is InChI=1S/C24H32O5S3/c1-22-8-5-15(25)11-14(22)3-4-16-17(22)6-9-23(2)18(16)7-10-24(23,29)19(26)12-31-21(30)32-13-20(27)28/h11,16-18,29H,3-10,12-13H2,1-2H3,(H,27,28)/t16-,17+,18+,22+,23+,24+/m1/s1. The van der Waals surface area contributed by atoms with Gasteiger partial charge in [0.05, 0.1) is 11.5 Å². The largest absolute Gasteiger partial charge is 0.481 e. The molecule has 8 heteroatoms. The number of rotatable bonds is 5. The van der Waals surface area contributed by atoms with Crippen molar-refractivity contribution >= 4 is 56.8 Å². The number of Topliss-reactive ketones (excluding diaryl/α,β-unsaturated/α-hetero) is 1. The number of ketones is 2. The molecule has 3 fully saturated rings. The molecule has 0 aromatic carbocycles. The maximum Gasteiger partial charge on any atom is 0.313 e. The molecule has 3 saturated carbocycles. The lowest BCUT2D eigenvalue weighted by Crippen LogP contribution is -2.58. The Kier molecular flexibility index (Phi) is 6.73. The first-order valence-corrected chi connectivity index (χ1v) is 13.9. The van der Waals surface area contributed by atoms with Crippen molar-refractivity contribution < 1.29 is 24.6 Å². The zero-order valence-electron chi connectivity index (χ0n) is 18.7. The first-order valence-electron chi connectivity index (χ1n) is 11.5. The summed E-state index contributed by atoms with van der Waals surface area (Å²) in [6.45, 7) is 4.45. The van der Waals surface area contributed by atoms with Gasteiger partial charge in [-0.05, 0) is 74.2 Å². The Hall–Kier alpha value is -0.700. The Bertz CT molecular complexity index is 885. The average Bonchev–Trinajstić information content (AvgIpc) is 3.03. The van der Waals surface area contributed by atoms with E-state index >= 15 is 0 Å². The van der Waals surface area contributed by atoms with Crippen LogP contribution in [-0.4, -0.2) is 48.4 Å². The third-order valence-corrected chi connectivity index (χ3v) is 11.9. The first kappa shape index (κ1) is 24.4. The van der Waals surface area contributed by atoms with Gasteiger partial charge in [0, 0.05) is 11.8 Å². The van der Waals surface area contributed by atoms with Crippen molar-refractivity contribution in [2.45, 2.75) is 70.8 Å². The molecular formula is C24H32O5S3. The van der Waals surface area contributed by atoms with Gasteiger partial charge in [-0.25, -0.2) is 0 Å². The molecule has 0 saturated heterocycles. The molecular weight excluding hydrogens is 464 g/mol. The summed E-state index contributed by atoms with van der Waals surface area (Å²) in [5.41, 5.74) is -0.384. The van der Waals surface area contributed by atoms with Gasteiger partial charge in [-0.1, -0.05) is 55.2 Å². The summed E-state index contributed by atoms with van der Waals surface area (Å²) in [6.07, 6.45) is 8.60. The van der Waals surface area contributed by atoms with Gasteiger partial charge in [0.25, 0.3) is 0 Å². The van der Waals surface area contributed by atoms with Crippen LogP contribution in [0.4, 0.5) is 0 Å². The predicted octanol–water partition coefficient (Wildman–Crippen LogP) is 4.65. The van der Waals surface area contributed by atoms with Crippen molar-refractivity contribution in [3.05, 3.63) is 11.6 Å². The van der Waals surface area contributed by atoms with Gasteiger partial charge in [0.1, 0.15) is 9.13 Å². The topological polar surface area (TPSA) is 91.7 Å². The summed E-state index contributed by atoms with van der Waals surface area (Å²) in [5.74, 6) is 0.423. The fourth-order valence-electron chi connectivity index (χ4n) is 7.44. The molecule has 176 valence electrons. The van der Waals surface area contributed by atoms with Crippen LogP contribution in [0.5, 0.6) is 0 Å². The van der Waals surface area contributed by atoms with E-state index in [9.17, 15) is 19.5 Å². The number of carbonyl (C=O) groups is 3. The van der Waals surface area contributed by atoms with E-state index < -0.39 is 17.0 Å². The van der Waals surface area contributed by atoms with Gasteiger partial charge in [0.2, 0.25) is 0 Å². The molecule has 0 unspecified atom stereocenters. The second-order valence-corrected chi connectivity index (χ2v) is 13.6. The molecule has 0 heterocycles. The molecule has 32 heavy (non-hydrogen) atoms. The molecule has 0 aliphatic heterocycles. The van der Waals surface area contributed by atoms with Gasteiger partial charge in [-0.2, -0.15) is 0 Å². The van der Waals surface area contributed by atoms with Crippen LogP contribution in [0.3, 0.4) is 0 Å². The molecule has 0 spiro atoms. The Balaban J connectivity index is 1.48. The van der Waals surface area contributed by atoms with E-state index in [2.05, 4.69) is 13.8 Å². The van der Waals surface area contributed by atoms with E-state index in [4.69, 9.17) is 17.3 Å². The number of fused-ring (bicyclic) bond motifs is 5. The van der Waals surface area contributed by atoms with Gasteiger partial charge < -0.3 is 10.2 Å². The highest BCUT2D eigenvalue weighted by Gasteiger charge is 2.66. The number of aliphatic carboxylic acids is 1. The molecule has 0 aromatic rings. The number of aliphatic hydroxyl groups is 1. The van der Waals surface area contributed by atoms with Crippen LogP contribution in [0.15, 0.2) is 11.6 Å². The lowest BCUT2D eigenvalue weighted by molar-refractivity contribution is -0.159. The summed E-state index contributed by atoms with van der Waals surface area (Å²) >= 11 is 7.41. The maximum atomic E-state index is 13.3. The normalized spacial score (nSPS) is 40.7. The van der Waals surface area contributed by atoms with Crippen LogP contribution < -0.4 is 0 Å². The molecule has 0 bridgehead atoms. The number of allylic oxidation sites excluding steroid dienone is 1. The van der Waals surface area contributed by atoms with Crippen LogP contribution in [0.2, 0.25) is 0 Å². The van der Waals surface area contributed by atoms with Gasteiger partial charge in [0.15, 0.2) is 11.6 Å². The van der Waals surface area contributed by atoms with Crippen LogP contribution in [0.1, 0.15) is 65.2 Å². The molecule has 2 N–H and O–H groups in total. The molecule has 5 nitrogen and oxygen atoms in total. The Morgan fingerprint density at radius 2 is 1.75 bits per heavy atom. The fourth-order valence-corrected chi connectivity index (χ4v) is 9.21. The summed E-state index contributed by atoms with van der Waals surface area (Å²) in [7, 11) is 0. The number of hydrogen-bond donors (Lipinski definition) is 2. The van der Waals surface area contributed by atoms with Crippen LogP contribution in [-0.2, 0) is 14.4 Å². The number of thiocarbonyl (C=S) groups is 1. The summed E-state index contributed by atoms with van der Waals surface area (Å²) < 4.78 is 0.430. The minimum absolute atomic E-state index is 0.0757. The fraction of sp³-hybridized carbons (Fsp3) is 0.750. The van der Waals surface area contributed by atoms with Crippen molar-refractivity contribution in [3.8, 4) is 0 Å². The van der Waals surface area contributed by atoms with E-state index in [1.807, 2.05) is 6.08 Å². The summed E-state index contributed by atoms with van der Waals surface area (Å²) in [4.78, 5) is 36.0. The van der Waals surface area contributed by atoms with E-state index in [0.29, 0.717) is 34.1 Å². The molecule has 4 rings (SSSR count). The number of hydrogen-bond acceptors (Lipinski definition) is 7. The zero-order chi connectivity index (χ0) is 23.3. The third-order valence-electron chi connectivity index (χ3n) is 9.21. The van der Waals surface area contributed by atoms with Crippen LogP contribution in [0.25, 0.3) is 0 Å². The second kappa shape index (κ2) is 8.82. The molecule has 0 aromatic heterocycles. The molecule has 4 aliphatic carbocycles. The highest BCUT2D eigenvalue weighted by molar-refractivity contribution is 8.47. The average molecular weight is 497 g/mol. The van der Waals surface area contributed by atoms with E-state index in [-0.39, 0.29) is 28.5 Å². The highest BCUT2D eigenvalue weighted by Crippen LogP contribution is 2.67. The van der Waals surface area contributed by atoms with E-state index in [1.165, 1.54) is 17.3 Å². The smallest absolute Gasteiger partial charge is 0.313 e. The monoisotopic (exact) mass is 496 g/mol. The zero-order valence-corrected chi connectivity index (χ0v) is 21.2. The summed E-state index contributed by atoms with van der Waals surface area (Å²) in [6, 6.07) is 0. The minimum atomic E-state index is -1.34. The quantitative estimate of drug-likeness (QED) is 0.531. The van der Waals surface area contributed by atoms with Crippen LogP contribution >= 0.6 is 35.7 Å². The SMILES string of the molecule is C[C@]12CCC(=O)C=C1CC[C@@H]1[C@@H]2CC[C@@]2(C)[C@H]1CC[C@]2(O)C(=O)CSC(=S)SCC(=O)O. The van der Waals surface area contributed by atoms with Crippen molar-refractivity contribution in [1.29, 1.82) is 0 Å². The predicted molar refractivity (Wildman–Crippen MR) is 132 cm³/mol. The Morgan fingerprint density at radius 3 is 2.47 bits per heavy atom. The van der Waals surface area contributed by atoms with E-state index in [1.54, 1.807) is 0 Å². The lowest BCUT2D eigenvalue weighted by Gasteiger charge is -2.58. The Morgan fingerprint density at radius 1 is 1.06 bits per heavy atom. The lowest BCUT2D eigenvalue weighted by atomic mass is 9.46. The molecule has 6 atom stereocenters. The number of thioether (sulfide) groups is 2. The Labute approximate surface area is 203 Å². The van der Waals surface area contributed by atoms with Crippen LogP contribution in [0, 0.1) is 28.6 Å². The first-order chi connectivity index (χ1) is 15.0. The van der Waals surface area contributed by atoms with Crippen molar-refractivity contribution in [2.75, 3.05) is 11.5 Å². The van der Waals surface area contributed by atoms with Gasteiger partial charge in [-0.15, -0.1) is 0 Å². The highest BCUT2D eigenvalue weighted by atomic mass is 32.2. The number of carboxylic acids is 1. The van der Waals surface area contributed by atoms with Gasteiger partial charge >= 0.3 is 5.97 Å².